The summed E-state index contributed by atoms with van der Waals surface area (Å²) in [5.74, 6) is 7.03. The van der Waals surface area contributed by atoms with E-state index in [1.54, 1.807) is 12.1 Å². The third-order valence-corrected chi connectivity index (χ3v) is 3.80. The summed E-state index contributed by atoms with van der Waals surface area (Å²) in [4.78, 5) is 14.1. The van der Waals surface area contributed by atoms with Crippen LogP contribution >= 0.6 is 0 Å². The molecule has 0 bridgehead atoms. The van der Waals surface area contributed by atoms with Gasteiger partial charge < -0.3 is 10.3 Å². The van der Waals surface area contributed by atoms with E-state index in [4.69, 9.17) is 5.84 Å². The van der Waals surface area contributed by atoms with Gasteiger partial charge in [-0.25, -0.2) is 5.84 Å². The summed E-state index contributed by atoms with van der Waals surface area (Å²) in [5.41, 5.74) is 2.77. The molecule has 0 aromatic carbocycles. The minimum Gasteiger partial charge on any atom is -0.337 e. The van der Waals surface area contributed by atoms with Crippen molar-refractivity contribution in [3.8, 4) is 0 Å². The molecule has 0 unspecified atom stereocenters. The molecule has 19 heavy (non-hydrogen) atoms. The molecule has 1 aliphatic heterocycles. The number of nitrogens with one attached hydrogen (secondary N) is 1. The molecule has 3 N–H and O–H groups in total. The Balaban J connectivity index is 1.97. The Morgan fingerprint density at radius 3 is 2.53 bits per heavy atom. The number of nitrogens with zero attached hydrogens (tertiary/aromatic N) is 3. The molecule has 1 aromatic rings. The van der Waals surface area contributed by atoms with Gasteiger partial charge in [-0.3, -0.25) is 4.79 Å². The average Bonchev–Trinajstić information content (AvgIpc) is 2.46. The Bertz CT molecular complexity index is 423. The fourth-order valence-electron chi connectivity index (χ4n) is 2.45. The molecule has 1 saturated heterocycles. The minimum atomic E-state index is -0.0433. The van der Waals surface area contributed by atoms with Crippen molar-refractivity contribution in [1.82, 2.24) is 15.1 Å². The molecule has 1 aliphatic rings. The molecule has 0 radical (unpaired) electrons. The van der Waals surface area contributed by atoms with Crippen molar-refractivity contribution in [2.24, 2.45) is 17.7 Å². The maximum Gasteiger partial charge on any atom is 0.274 e. The van der Waals surface area contributed by atoms with Crippen molar-refractivity contribution in [3.05, 3.63) is 17.8 Å². The summed E-state index contributed by atoms with van der Waals surface area (Å²) in [6.45, 7) is 6.10. The van der Waals surface area contributed by atoms with Crippen LogP contribution in [-0.4, -0.2) is 34.1 Å². The van der Waals surface area contributed by atoms with Crippen LogP contribution in [0.25, 0.3) is 0 Å². The molecular weight excluding hydrogens is 242 g/mol. The van der Waals surface area contributed by atoms with E-state index in [2.05, 4.69) is 29.5 Å². The van der Waals surface area contributed by atoms with Gasteiger partial charge in [-0.1, -0.05) is 13.8 Å². The first-order valence-electron chi connectivity index (χ1n) is 6.71. The molecule has 104 valence electrons. The number of carbonyl (C=O) groups excluding carboxylic acids is 1. The van der Waals surface area contributed by atoms with Gasteiger partial charge in [0.2, 0.25) is 0 Å². The van der Waals surface area contributed by atoms with Crippen LogP contribution in [0.15, 0.2) is 12.1 Å². The van der Waals surface area contributed by atoms with Crippen LogP contribution < -0.4 is 11.3 Å². The highest BCUT2D eigenvalue weighted by Gasteiger charge is 2.25. The van der Waals surface area contributed by atoms with Crippen LogP contribution in [0.2, 0.25) is 0 Å². The first kappa shape index (κ1) is 13.7. The molecule has 2 heterocycles. The predicted molar refractivity (Wildman–Crippen MR) is 73.3 cm³/mol. The largest absolute Gasteiger partial charge is 0.337 e. The second-order valence-electron chi connectivity index (χ2n) is 5.32. The van der Waals surface area contributed by atoms with Gasteiger partial charge in [0.1, 0.15) is 0 Å². The number of hydrazine groups is 1. The number of amides is 1. The lowest BCUT2D eigenvalue weighted by Crippen LogP contribution is -2.39. The molecule has 1 amide bonds. The molecule has 0 spiro atoms. The van der Waals surface area contributed by atoms with Crippen molar-refractivity contribution in [2.75, 3.05) is 18.5 Å². The van der Waals surface area contributed by atoms with Gasteiger partial charge >= 0.3 is 0 Å². The van der Waals surface area contributed by atoms with Crippen molar-refractivity contribution < 1.29 is 4.79 Å². The zero-order valence-electron chi connectivity index (χ0n) is 11.5. The monoisotopic (exact) mass is 263 g/mol. The maximum absolute atomic E-state index is 12.2. The first-order chi connectivity index (χ1) is 9.11. The zero-order valence-corrected chi connectivity index (χ0v) is 11.5. The van der Waals surface area contributed by atoms with Crippen molar-refractivity contribution in [2.45, 2.75) is 26.7 Å². The van der Waals surface area contributed by atoms with E-state index < -0.39 is 0 Å². The first-order valence-corrected chi connectivity index (χ1v) is 6.71. The lowest BCUT2D eigenvalue weighted by molar-refractivity contribution is 0.0660. The van der Waals surface area contributed by atoms with Gasteiger partial charge in [-0.2, -0.15) is 0 Å². The molecule has 0 aliphatic carbocycles. The van der Waals surface area contributed by atoms with Gasteiger partial charge in [0.25, 0.3) is 5.91 Å². The minimum absolute atomic E-state index is 0.0433. The fraction of sp³-hybridized carbons (Fsp3) is 0.615. The molecular formula is C13H21N5O. The molecule has 1 aromatic heterocycles. The standard InChI is InChI=1S/C13H21N5O/c1-9(2)10-5-7-18(8-6-10)13(19)11-3-4-12(15-14)17-16-11/h3-4,9-10H,5-8,14H2,1-2H3,(H,15,17). The van der Waals surface area contributed by atoms with Crippen LogP contribution in [-0.2, 0) is 0 Å². The third kappa shape index (κ3) is 3.20. The Kier molecular flexibility index (Phi) is 4.31. The number of rotatable bonds is 3. The topological polar surface area (TPSA) is 84.1 Å². The van der Waals surface area contributed by atoms with E-state index >= 15 is 0 Å². The summed E-state index contributed by atoms with van der Waals surface area (Å²) in [6, 6.07) is 3.31. The molecule has 0 atom stereocenters. The lowest BCUT2D eigenvalue weighted by Gasteiger charge is -2.33. The van der Waals surface area contributed by atoms with Gasteiger partial charge in [0.15, 0.2) is 11.5 Å². The Morgan fingerprint density at radius 1 is 1.37 bits per heavy atom. The normalized spacial score (nSPS) is 16.7. The highest BCUT2D eigenvalue weighted by atomic mass is 16.2. The van der Waals surface area contributed by atoms with E-state index in [9.17, 15) is 4.79 Å². The van der Waals surface area contributed by atoms with Crippen molar-refractivity contribution >= 4 is 11.7 Å². The van der Waals surface area contributed by atoms with Crippen molar-refractivity contribution in [1.29, 1.82) is 0 Å². The van der Waals surface area contributed by atoms with Crippen LogP contribution in [0.4, 0.5) is 5.82 Å². The number of anilines is 1. The van der Waals surface area contributed by atoms with Crippen LogP contribution in [0.5, 0.6) is 0 Å². The maximum atomic E-state index is 12.2. The highest BCUT2D eigenvalue weighted by molar-refractivity contribution is 5.92. The van der Waals surface area contributed by atoms with Gasteiger partial charge in [0.05, 0.1) is 0 Å². The predicted octanol–water partition coefficient (Wildman–Crippen LogP) is 1.27. The Hall–Kier alpha value is -1.69. The van der Waals surface area contributed by atoms with Gasteiger partial charge in [-0.15, -0.1) is 10.2 Å². The van der Waals surface area contributed by atoms with Gasteiger partial charge in [0, 0.05) is 13.1 Å². The number of hydrogen-bond donors (Lipinski definition) is 2. The molecule has 6 heteroatoms. The van der Waals surface area contributed by atoms with Crippen molar-refractivity contribution in [3.63, 3.8) is 0 Å². The second kappa shape index (κ2) is 5.97. The summed E-state index contributed by atoms with van der Waals surface area (Å²) in [6.07, 6.45) is 2.14. The van der Waals surface area contributed by atoms with E-state index in [-0.39, 0.29) is 5.91 Å². The number of aromatic nitrogens is 2. The smallest absolute Gasteiger partial charge is 0.274 e. The fourth-order valence-corrected chi connectivity index (χ4v) is 2.45. The summed E-state index contributed by atoms with van der Waals surface area (Å²) >= 11 is 0. The summed E-state index contributed by atoms with van der Waals surface area (Å²) in [5, 5.41) is 7.72. The quantitative estimate of drug-likeness (QED) is 0.633. The molecule has 1 fully saturated rings. The molecule has 0 saturated carbocycles. The van der Waals surface area contributed by atoms with Crippen LogP contribution in [0.3, 0.4) is 0 Å². The summed E-state index contributed by atoms with van der Waals surface area (Å²) in [7, 11) is 0. The van der Waals surface area contributed by atoms with E-state index in [1.165, 1.54) is 0 Å². The van der Waals surface area contributed by atoms with Crippen LogP contribution in [0, 0.1) is 11.8 Å². The van der Waals surface area contributed by atoms with E-state index in [0.29, 0.717) is 17.4 Å². The number of hydrogen-bond acceptors (Lipinski definition) is 5. The third-order valence-electron chi connectivity index (χ3n) is 3.80. The number of carbonyl (C=O) groups is 1. The summed E-state index contributed by atoms with van der Waals surface area (Å²) < 4.78 is 0. The SMILES string of the molecule is CC(C)C1CCN(C(=O)c2ccc(NN)nn2)CC1. The highest BCUT2D eigenvalue weighted by Crippen LogP contribution is 2.25. The molecule has 6 nitrogen and oxygen atoms in total. The van der Waals surface area contributed by atoms with Gasteiger partial charge in [-0.05, 0) is 36.8 Å². The Labute approximate surface area is 113 Å². The van der Waals surface area contributed by atoms with E-state index in [0.717, 1.165) is 31.8 Å². The van der Waals surface area contributed by atoms with E-state index in [1.807, 2.05) is 4.90 Å². The number of nitrogens with two attached hydrogens (primary N) is 1. The Morgan fingerprint density at radius 2 is 2.05 bits per heavy atom. The van der Waals surface area contributed by atoms with Crippen LogP contribution in [0.1, 0.15) is 37.2 Å². The molecule has 2 rings (SSSR count). The number of piperidine rings is 1. The lowest BCUT2D eigenvalue weighted by atomic mass is 9.86. The number of nitrogen functional groups attached to an aromatic ring is 1. The second-order valence-corrected chi connectivity index (χ2v) is 5.32. The average molecular weight is 263 g/mol. The number of likely N-dealkylation sites (tertiary alicyclic amines) is 1. The zero-order chi connectivity index (χ0) is 13.8.